The van der Waals surface area contributed by atoms with Crippen LogP contribution in [0, 0.1) is 0 Å². The van der Waals surface area contributed by atoms with Crippen LogP contribution in [-0.2, 0) is 10.4 Å². The van der Waals surface area contributed by atoms with Gasteiger partial charge in [0.2, 0.25) is 5.91 Å². The second-order valence-electron chi connectivity index (χ2n) is 8.04. The number of aliphatic hydroxyl groups is 1. The van der Waals surface area contributed by atoms with Gasteiger partial charge in [-0.05, 0) is 39.0 Å². The van der Waals surface area contributed by atoms with Gasteiger partial charge in [-0.25, -0.2) is 0 Å². The van der Waals surface area contributed by atoms with E-state index in [9.17, 15) is 14.7 Å². The number of benzene rings is 2. The summed E-state index contributed by atoms with van der Waals surface area (Å²) in [6.45, 7) is 6.75. The van der Waals surface area contributed by atoms with Crippen LogP contribution in [0.25, 0.3) is 0 Å². The van der Waals surface area contributed by atoms with E-state index < -0.39 is 17.4 Å². The monoisotopic (exact) mass is 471 g/mol. The van der Waals surface area contributed by atoms with Gasteiger partial charge in [-0.3, -0.25) is 9.59 Å². The Kier molecular flexibility index (Phi) is 7.11. The van der Waals surface area contributed by atoms with Crippen molar-refractivity contribution in [3.63, 3.8) is 0 Å². The van der Waals surface area contributed by atoms with Gasteiger partial charge >= 0.3 is 0 Å². The van der Waals surface area contributed by atoms with Crippen LogP contribution in [0.15, 0.2) is 36.4 Å². The summed E-state index contributed by atoms with van der Waals surface area (Å²) in [7, 11) is 0. The summed E-state index contributed by atoms with van der Waals surface area (Å²) in [6.07, 6.45) is 0. The molecule has 162 valence electrons. The van der Waals surface area contributed by atoms with Gasteiger partial charge in [0.1, 0.15) is 0 Å². The molecule has 6 nitrogen and oxygen atoms in total. The lowest BCUT2D eigenvalue weighted by molar-refractivity contribution is -0.132. The topological polar surface area (TPSA) is 95.7 Å². The SMILES string of the molecule is CC(C)(C)NCCN1C(=O)C(O)(c2ccccc2Cl)c2c(Cl)cc(C(N)=O)cc21.Cl. The van der Waals surface area contributed by atoms with Gasteiger partial charge in [-0.2, -0.15) is 0 Å². The Bertz CT molecular complexity index is 991. The Labute approximate surface area is 191 Å². The maximum absolute atomic E-state index is 13.4. The Morgan fingerprint density at radius 1 is 1.20 bits per heavy atom. The third kappa shape index (κ3) is 4.29. The summed E-state index contributed by atoms with van der Waals surface area (Å²) >= 11 is 12.7. The third-order valence-electron chi connectivity index (χ3n) is 4.82. The molecule has 30 heavy (non-hydrogen) atoms. The molecular formula is C21H24Cl3N3O3. The number of rotatable bonds is 5. The minimum atomic E-state index is -2.07. The maximum atomic E-state index is 13.4. The Morgan fingerprint density at radius 2 is 1.83 bits per heavy atom. The van der Waals surface area contributed by atoms with Crippen molar-refractivity contribution < 1.29 is 14.7 Å². The molecule has 3 rings (SSSR count). The molecule has 1 aliphatic rings. The van der Waals surface area contributed by atoms with E-state index in [1.165, 1.54) is 17.0 Å². The molecule has 9 heteroatoms. The van der Waals surface area contributed by atoms with Crippen LogP contribution in [0.1, 0.15) is 42.3 Å². The van der Waals surface area contributed by atoms with Gasteiger partial charge in [0.25, 0.3) is 5.91 Å². The first-order chi connectivity index (χ1) is 13.5. The minimum absolute atomic E-state index is 0. The predicted molar refractivity (Wildman–Crippen MR) is 122 cm³/mol. The maximum Gasteiger partial charge on any atom is 0.268 e. The number of halogens is 3. The average Bonchev–Trinajstić information content (AvgIpc) is 2.83. The zero-order valence-corrected chi connectivity index (χ0v) is 19.2. The zero-order valence-electron chi connectivity index (χ0n) is 16.8. The number of carbonyl (C=O) groups excluding carboxylic acids is 2. The fourth-order valence-corrected chi connectivity index (χ4v) is 4.11. The average molecular weight is 473 g/mol. The van der Waals surface area contributed by atoms with Gasteiger partial charge in [0, 0.05) is 40.3 Å². The van der Waals surface area contributed by atoms with Crippen molar-refractivity contribution in [3.8, 4) is 0 Å². The first kappa shape index (κ1) is 24.4. The first-order valence-corrected chi connectivity index (χ1v) is 9.90. The number of fused-ring (bicyclic) bond motifs is 1. The van der Waals surface area contributed by atoms with E-state index in [1.54, 1.807) is 24.3 Å². The van der Waals surface area contributed by atoms with Gasteiger partial charge in [-0.15, -0.1) is 12.4 Å². The number of hydrogen-bond acceptors (Lipinski definition) is 4. The second kappa shape index (κ2) is 8.73. The van der Waals surface area contributed by atoms with Crippen molar-refractivity contribution in [1.82, 2.24) is 5.32 Å². The number of nitrogens with two attached hydrogens (primary N) is 1. The standard InChI is InChI=1S/C21H23Cl2N3O3.ClH/c1-20(2,3)25-8-9-26-16-11-12(18(24)27)10-15(23)17(16)21(29,19(26)28)13-6-4-5-7-14(13)22;/h4-7,10-11,25,29H,8-9H2,1-3H3,(H2,24,27);1H. The van der Waals surface area contributed by atoms with Crippen molar-refractivity contribution >= 4 is 53.1 Å². The van der Waals surface area contributed by atoms with E-state index in [2.05, 4.69) is 5.32 Å². The smallest absolute Gasteiger partial charge is 0.268 e. The number of primary amides is 1. The summed E-state index contributed by atoms with van der Waals surface area (Å²) < 4.78 is 0. The van der Waals surface area contributed by atoms with Crippen molar-refractivity contribution in [2.24, 2.45) is 5.73 Å². The van der Waals surface area contributed by atoms with Crippen LogP contribution in [0.2, 0.25) is 10.0 Å². The number of hydrogen-bond donors (Lipinski definition) is 3. The molecule has 1 heterocycles. The molecule has 0 saturated carbocycles. The van der Waals surface area contributed by atoms with Crippen LogP contribution in [0.5, 0.6) is 0 Å². The predicted octanol–water partition coefficient (Wildman–Crippen LogP) is 3.48. The summed E-state index contributed by atoms with van der Waals surface area (Å²) in [5, 5.41) is 15.2. The first-order valence-electron chi connectivity index (χ1n) is 9.15. The highest BCUT2D eigenvalue weighted by molar-refractivity contribution is 6.35. The fourth-order valence-electron chi connectivity index (χ4n) is 3.49. The lowest BCUT2D eigenvalue weighted by Gasteiger charge is -2.26. The molecule has 2 aromatic carbocycles. The van der Waals surface area contributed by atoms with E-state index in [-0.39, 0.29) is 51.2 Å². The molecule has 0 saturated heterocycles. The van der Waals surface area contributed by atoms with Crippen LogP contribution in [-0.4, -0.2) is 35.5 Å². The molecule has 2 amide bonds. The van der Waals surface area contributed by atoms with Crippen LogP contribution < -0.4 is 16.0 Å². The molecule has 2 aromatic rings. The lowest BCUT2D eigenvalue weighted by Crippen LogP contribution is -2.46. The van der Waals surface area contributed by atoms with Crippen molar-refractivity contribution in [1.29, 1.82) is 0 Å². The highest BCUT2D eigenvalue weighted by Gasteiger charge is 2.53. The summed E-state index contributed by atoms with van der Waals surface area (Å²) in [6, 6.07) is 9.40. The molecule has 1 aliphatic heterocycles. The molecule has 4 N–H and O–H groups in total. The summed E-state index contributed by atoms with van der Waals surface area (Å²) in [5.74, 6) is -1.26. The Balaban J connectivity index is 0.00000320. The van der Waals surface area contributed by atoms with E-state index in [0.717, 1.165) is 0 Å². The fraction of sp³-hybridized carbons (Fsp3) is 0.333. The molecule has 0 aromatic heterocycles. The highest BCUT2D eigenvalue weighted by Crippen LogP contribution is 2.49. The van der Waals surface area contributed by atoms with Crippen LogP contribution in [0.4, 0.5) is 5.69 Å². The van der Waals surface area contributed by atoms with E-state index >= 15 is 0 Å². The van der Waals surface area contributed by atoms with E-state index in [1.807, 2.05) is 20.8 Å². The Morgan fingerprint density at radius 3 is 2.40 bits per heavy atom. The minimum Gasteiger partial charge on any atom is -0.372 e. The number of carbonyl (C=O) groups is 2. The highest BCUT2D eigenvalue weighted by atomic mass is 35.5. The lowest BCUT2D eigenvalue weighted by atomic mass is 9.87. The molecule has 0 radical (unpaired) electrons. The van der Waals surface area contributed by atoms with E-state index in [4.69, 9.17) is 28.9 Å². The van der Waals surface area contributed by atoms with E-state index in [0.29, 0.717) is 12.2 Å². The molecule has 1 atom stereocenters. The molecule has 0 aliphatic carbocycles. The molecule has 0 spiro atoms. The number of amides is 2. The molecule has 1 unspecified atom stereocenters. The summed E-state index contributed by atoms with van der Waals surface area (Å²) in [4.78, 5) is 26.6. The second-order valence-corrected chi connectivity index (χ2v) is 8.85. The quantitative estimate of drug-likeness (QED) is 0.621. The van der Waals surface area contributed by atoms with Gasteiger partial charge in [0.05, 0.1) is 10.7 Å². The van der Waals surface area contributed by atoms with Crippen molar-refractivity contribution in [2.75, 3.05) is 18.0 Å². The molecular weight excluding hydrogens is 449 g/mol. The number of nitrogens with one attached hydrogen (secondary N) is 1. The van der Waals surface area contributed by atoms with Crippen molar-refractivity contribution in [3.05, 3.63) is 63.1 Å². The zero-order chi connectivity index (χ0) is 21.6. The number of nitrogens with zero attached hydrogens (tertiary/aromatic N) is 1. The molecule has 0 bridgehead atoms. The number of anilines is 1. The van der Waals surface area contributed by atoms with Gasteiger partial charge < -0.3 is 21.1 Å². The Hall–Kier alpha value is -1.83. The molecule has 0 fully saturated rings. The van der Waals surface area contributed by atoms with Gasteiger partial charge in [0.15, 0.2) is 5.60 Å². The third-order valence-corrected chi connectivity index (χ3v) is 5.44. The largest absolute Gasteiger partial charge is 0.372 e. The van der Waals surface area contributed by atoms with Gasteiger partial charge in [-0.1, -0.05) is 41.4 Å². The van der Waals surface area contributed by atoms with Crippen molar-refractivity contribution in [2.45, 2.75) is 31.9 Å². The van der Waals surface area contributed by atoms with Crippen LogP contribution >= 0.6 is 35.6 Å². The normalized spacial score (nSPS) is 18.2. The van der Waals surface area contributed by atoms with Crippen LogP contribution in [0.3, 0.4) is 0 Å². The summed E-state index contributed by atoms with van der Waals surface area (Å²) in [5.41, 5.74) is 4.11.